The first kappa shape index (κ1) is 40.6. The van der Waals surface area contributed by atoms with Gasteiger partial charge in [0.1, 0.15) is 23.7 Å². The quantitative estimate of drug-likeness (QED) is 0.0757. The average molecular weight is 807 g/mol. The van der Waals surface area contributed by atoms with Crippen LogP contribution in [0.2, 0.25) is 0 Å². The summed E-state index contributed by atoms with van der Waals surface area (Å²) < 4.78 is 1.00. The number of benzene rings is 3. The third-order valence-electron chi connectivity index (χ3n) is 11.4. The van der Waals surface area contributed by atoms with Crippen LogP contribution in [0.3, 0.4) is 0 Å². The molecule has 0 saturated carbocycles. The predicted molar refractivity (Wildman–Crippen MR) is 223 cm³/mol. The van der Waals surface area contributed by atoms with Crippen LogP contribution in [0.1, 0.15) is 42.4 Å². The molecule has 0 unspecified atom stereocenters. The van der Waals surface area contributed by atoms with Gasteiger partial charge in [-0.15, -0.1) is 11.3 Å². The normalized spacial score (nSPS) is 17.7. The highest BCUT2D eigenvalue weighted by atomic mass is 32.1. The van der Waals surface area contributed by atoms with Gasteiger partial charge >= 0.3 is 5.97 Å². The van der Waals surface area contributed by atoms with Crippen LogP contribution in [0.15, 0.2) is 90.4 Å². The molecular formula is C43H50N8O6S. The topological polar surface area (TPSA) is 220 Å². The van der Waals surface area contributed by atoms with E-state index in [9.17, 15) is 29.1 Å². The SMILES string of the molecule is NC1(C(=O)N[C@@H](Cc2ccccc2)C(=O)N[C@H](Cc2c[nH]c3ccccc23)C(=O)N[C@H](Cc2csc3ccccc23)C(=O)NC2(C(=O)O)CCNCC2)CCNCC1. The number of nitrogens with two attached hydrogens (primary N) is 1. The summed E-state index contributed by atoms with van der Waals surface area (Å²) in [6, 6.07) is 21.1. The van der Waals surface area contributed by atoms with E-state index in [0.717, 1.165) is 37.7 Å². The first-order valence-corrected chi connectivity index (χ1v) is 20.6. The number of carboxylic acids is 1. The lowest BCUT2D eigenvalue weighted by Crippen LogP contribution is -2.64. The number of thiophene rings is 1. The van der Waals surface area contributed by atoms with Gasteiger partial charge in [-0.2, -0.15) is 0 Å². The van der Waals surface area contributed by atoms with Crippen molar-refractivity contribution in [2.24, 2.45) is 5.73 Å². The van der Waals surface area contributed by atoms with Crippen LogP contribution in [0.5, 0.6) is 0 Å². The summed E-state index contributed by atoms with van der Waals surface area (Å²) in [6.45, 7) is 1.93. The Morgan fingerprint density at radius 3 is 1.93 bits per heavy atom. The summed E-state index contributed by atoms with van der Waals surface area (Å²) in [5, 5.41) is 32.0. The molecule has 304 valence electrons. The van der Waals surface area contributed by atoms with Crippen molar-refractivity contribution in [3.63, 3.8) is 0 Å². The van der Waals surface area contributed by atoms with Crippen molar-refractivity contribution < 1.29 is 29.1 Å². The van der Waals surface area contributed by atoms with Gasteiger partial charge in [-0.05, 0) is 91.5 Å². The molecule has 4 heterocycles. The van der Waals surface area contributed by atoms with E-state index in [1.54, 1.807) is 6.20 Å². The molecule has 0 aliphatic carbocycles. The molecule has 0 spiro atoms. The lowest BCUT2D eigenvalue weighted by Gasteiger charge is -2.36. The molecule has 58 heavy (non-hydrogen) atoms. The molecule has 15 heteroatoms. The largest absolute Gasteiger partial charge is 0.480 e. The van der Waals surface area contributed by atoms with Gasteiger partial charge in [0.05, 0.1) is 5.54 Å². The maximum Gasteiger partial charge on any atom is 0.329 e. The van der Waals surface area contributed by atoms with Crippen molar-refractivity contribution >= 4 is 61.9 Å². The van der Waals surface area contributed by atoms with E-state index in [4.69, 9.17) is 5.73 Å². The second-order valence-electron chi connectivity index (χ2n) is 15.4. The van der Waals surface area contributed by atoms with Crippen molar-refractivity contribution in [3.05, 3.63) is 107 Å². The molecule has 0 radical (unpaired) electrons. The van der Waals surface area contributed by atoms with Crippen LogP contribution < -0.4 is 37.6 Å². The number of rotatable bonds is 15. The first-order valence-electron chi connectivity index (χ1n) is 19.8. The van der Waals surface area contributed by atoms with E-state index in [1.165, 1.54) is 11.3 Å². The minimum atomic E-state index is -1.52. The molecule has 5 aromatic rings. The number of hydrogen-bond donors (Lipinski definition) is 9. The number of hydrogen-bond acceptors (Lipinski definition) is 9. The summed E-state index contributed by atoms with van der Waals surface area (Å²) >= 11 is 1.51. The zero-order valence-electron chi connectivity index (χ0n) is 32.1. The van der Waals surface area contributed by atoms with Gasteiger partial charge in [0.25, 0.3) is 0 Å². The molecular weight excluding hydrogens is 757 g/mol. The minimum absolute atomic E-state index is 0.0422. The van der Waals surface area contributed by atoms with Gasteiger partial charge in [0.15, 0.2) is 0 Å². The molecule has 4 amide bonds. The number of piperidine rings is 2. The van der Waals surface area contributed by atoms with Gasteiger partial charge < -0.3 is 47.7 Å². The van der Waals surface area contributed by atoms with Crippen molar-refractivity contribution in [2.75, 3.05) is 26.2 Å². The summed E-state index contributed by atoms with van der Waals surface area (Å²) in [5.41, 5.74) is 7.09. The fourth-order valence-corrected chi connectivity index (χ4v) is 8.90. The molecule has 2 aliphatic rings. The monoisotopic (exact) mass is 806 g/mol. The fourth-order valence-electron chi connectivity index (χ4n) is 7.92. The van der Waals surface area contributed by atoms with E-state index in [0.29, 0.717) is 39.0 Å². The van der Waals surface area contributed by atoms with Crippen LogP contribution in [-0.4, -0.2) is 95.1 Å². The number of carbonyl (C=O) groups is 5. The van der Waals surface area contributed by atoms with Crippen LogP contribution in [0.25, 0.3) is 21.0 Å². The third-order valence-corrected chi connectivity index (χ3v) is 12.4. The zero-order valence-corrected chi connectivity index (χ0v) is 33.0. The van der Waals surface area contributed by atoms with Crippen molar-refractivity contribution in [3.8, 4) is 0 Å². The average Bonchev–Trinajstić information content (AvgIpc) is 3.84. The highest BCUT2D eigenvalue weighted by molar-refractivity contribution is 7.17. The predicted octanol–water partition coefficient (Wildman–Crippen LogP) is 2.27. The summed E-state index contributed by atoms with van der Waals surface area (Å²) in [7, 11) is 0. The Balaban J connectivity index is 1.20. The summed E-state index contributed by atoms with van der Waals surface area (Å²) in [5.74, 6) is -3.49. The van der Waals surface area contributed by atoms with Crippen molar-refractivity contribution in [2.45, 2.75) is 74.1 Å². The van der Waals surface area contributed by atoms with Gasteiger partial charge in [0.2, 0.25) is 23.6 Å². The number of para-hydroxylation sites is 1. The highest BCUT2D eigenvalue weighted by Crippen LogP contribution is 2.28. The smallest absolute Gasteiger partial charge is 0.329 e. The van der Waals surface area contributed by atoms with Crippen LogP contribution in [0.4, 0.5) is 0 Å². The lowest BCUT2D eigenvalue weighted by molar-refractivity contribution is -0.149. The molecule has 3 atom stereocenters. The number of nitrogens with one attached hydrogen (secondary N) is 7. The fraction of sp³-hybridized carbons (Fsp3) is 0.372. The Labute approximate surface area is 340 Å². The molecule has 14 nitrogen and oxygen atoms in total. The van der Waals surface area contributed by atoms with E-state index in [1.807, 2.05) is 84.2 Å². The molecule has 2 fully saturated rings. The maximum absolute atomic E-state index is 14.7. The second-order valence-corrected chi connectivity index (χ2v) is 16.3. The maximum atomic E-state index is 14.7. The number of carboxylic acid groups (broad SMARTS) is 1. The molecule has 2 aromatic heterocycles. The number of aromatic amines is 1. The number of amides is 4. The van der Waals surface area contributed by atoms with Crippen molar-refractivity contribution in [1.29, 1.82) is 0 Å². The van der Waals surface area contributed by atoms with Gasteiger partial charge in [-0.25, -0.2) is 4.79 Å². The number of aromatic nitrogens is 1. The molecule has 2 saturated heterocycles. The zero-order chi connectivity index (χ0) is 40.7. The van der Waals surface area contributed by atoms with E-state index >= 15 is 0 Å². The molecule has 2 aliphatic heterocycles. The molecule has 7 rings (SSSR count). The standard InChI is InChI=1S/C43H50N8O6S/c44-42(14-18-45-19-15-42)40(55)50-33(22-27-8-2-1-3-9-27)37(52)48-34(23-28-25-47-32-12-6-4-10-30(28)32)38(53)49-35(24-29-26-58-36-13-7-5-11-31(29)36)39(54)51-43(41(56)57)16-20-46-21-17-43/h1-13,25-26,33-35,45-47H,14-24,44H2,(H,48,52)(H,49,53)(H,50,55)(H,51,54)(H,56,57)/t33-,34+,35+/m0/s1. The van der Waals surface area contributed by atoms with Crippen LogP contribution in [0, 0.1) is 0 Å². The Morgan fingerprint density at radius 1 is 0.672 bits per heavy atom. The van der Waals surface area contributed by atoms with Gasteiger partial charge in [-0.3, -0.25) is 19.2 Å². The van der Waals surface area contributed by atoms with Gasteiger partial charge in [0, 0.05) is 41.1 Å². The minimum Gasteiger partial charge on any atom is -0.480 e. The van der Waals surface area contributed by atoms with E-state index < -0.39 is 58.8 Å². The highest BCUT2D eigenvalue weighted by Gasteiger charge is 2.43. The Hall–Kier alpha value is -5.61. The van der Waals surface area contributed by atoms with Crippen LogP contribution in [-0.2, 0) is 43.2 Å². The summed E-state index contributed by atoms with van der Waals surface area (Å²) in [6.07, 6.45) is 3.17. The van der Waals surface area contributed by atoms with Gasteiger partial charge in [-0.1, -0.05) is 66.7 Å². The number of fused-ring (bicyclic) bond motifs is 2. The van der Waals surface area contributed by atoms with E-state index in [-0.39, 0.29) is 32.1 Å². The Kier molecular flexibility index (Phi) is 12.5. The third kappa shape index (κ3) is 9.23. The number of H-pyrrole nitrogens is 1. The second kappa shape index (κ2) is 17.9. The summed E-state index contributed by atoms with van der Waals surface area (Å²) in [4.78, 5) is 73.1. The first-order chi connectivity index (χ1) is 28.0. The molecule has 3 aromatic carbocycles. The Morgan fingerprint density at radius 2 is 1.24 bits per heavy atom. The molecule has 0 bridgehead atoms. The number of aliphatic carboxylic acids is 1. The Bertz CT molecular complexity index is 2260. The van der Waals surface area contributed by atoms with E-state index in [2.05, 4.69) is 36.9 Å². The van der Waals surface area contributed by atoms with Crippen molar-refractivity contribution in [1.82, 2.24) is 36.9 Å². The lowest BCUT2D eigenvalue weighted by atomic mass is 9.87. The van der Waals surface area contributed by atoms with Crippen LogP contribution >= 0.6 is 11.3 Å². The number of carbonyl (C=O) groups excluding carboxylic acids is 4. The molecule has 10 N–H and O–H groups in total.